The molecule has 1 aliphatic rings. The van der Waals surface area contributed by atoms with Crippen LogP contribution in [0.2, 0.25) is 0 Å². The van der Waals surface area contributed by atoms with Gasteiger partial charge in [-0.25, -0.2) is 8.42 Å². The highest BCUT2D eigenvalue weighted by Gasteiger charge is 2.30. The Balaban J connectivity index is 1.60. The minimum Gasteiger partial charge on any atom is -0.461 e. The number of nitrogens with zero attached hydrogens (tertiary/aromatic N) is 3. The highest BCUT2D eigenvalue weighted by atomic mass is 32.2. The van der Waals surface area contributed by atoms with E-state index in [0.717, 1.165) is 10.7 Å². The van der Waals surface area contributed by atoms with E-state index >= 15 is 0 Å². The van der Waals surface area contributed by atoms with E-state index in [-0.39, 0.29) is 17.3 Å². The lowest BCUT2D eigenvalue weighted by Crippen LogP contribution is -2.20. The maximum absolute atomic E-state index is 11.9. The lowest BCUT2D eigenvalue weighted by molar-refractivity contribution is -0.144. The summed E-state index contributed by atoms with van der Waals surface area (Å²) >= 11 is 2.83. The number of esters is 1. The maximum atomic E-state index is 11.9. The number of ether oxygens (including phenoxy) is 1. The molecule has 1 aliphatic heterocycles. The summed E-state index contributed by atoms with van der Waals surface area (Å²) in [6.07, 6.45) is -0.138. The van der Waals surface area contributed by atoms with Crippen molar-refractivity contribution in [2.45, 2.75) is 31.1 Å². The molecular weight excluding hydrogens is 370 g/mol. The Morgan fingerprint density at radius 2 is 2.33 bits per heavy atom. The van der Waals surface area contributed by atoms with E-state index < -0.39 is 21.9 Å². The predicted octanol–water partition coefficient (Wildman–Crippen LogP) is 1.85. The third-order valence-corrected chi connectivity index (χ3v) is 7.13. The van der Waals surface area contributed by atoms with Crippen LogP contribution in [0.25, 0.3) is 10.7 Å². The Bertz CT molecular complexity index is 814. The van der Waals surface area contributed by atoms with Gasteiger partial charge < -0.3 is 9.30 Å². The van der Waals surface area contributed by atoms with Gasteiger partial charge in [-0.05, 0) is 24.8 Å². The predicted molar refractivity (Wildman–Crippen MR) is 92.9 cm³/mol. The first kappa shape index (κ1) is 17.4. The SMILES string of the molecule is CCn1c(SCC(=O)O[C@@H]2CCS(=O)(=O)C2)nnc1-c1cccs1. The Morgan fingerprint density at radius 1 is 1.50 bits per heavy atom. The molecule has 0 unspecified atom stereocenters. The van der Waals surface area contributed by atoms with Gasteiger partial charge >= 0.3 is 5.97 Å². The topological polar surface area (TPSA) is 91.2 Å². The quantitative estimate of drug-likeness (QED) is 0.552. The molecule has 0 saturated carbocycles. The van der Waals surface area contributed by atoms with Crippen molar-refractivity contribution in [1.29, 1.82) is 0 Å². The van der Waals surface area contributed by atoms with Crippen molar-refractivity contribution in [2.75, 3.05) is 17.3 Å². The third-order valence-electron chi connectivity index (χ3n) is 3.58. The monoisotopic (exact) mass is 387 g/mol. The van der Waals surface area contributed by atoms with Crippen molar-refractivity contribution in [2.24, 2.45) is 0 Å². The second-order valence-corrected chi connectivity index (χ2v) is 9.45. The van der Waals surface area contributed by atoms with E-state index in [9.17, 15) is 13.2 Å². The van der Waals surface area contributed by atoms with Gasteiger partial charge in [0.25, 0.3) is 0 Å². The highest BCUT2D eigenvalue weighted by Crippen LogP contribution is 2.27. The molecule has 3 heterocycles. The number of hydrogen-bond donors (Lipinski definition) is 0. The van der Waals surface area contributed by atoms with Crippen LogP contribution in [0, 0.1) is 0 Å². The van der Waals surface area contributed by atoms with Crippen LogP contribution in [0.1, 0.15) is 13.3 Å². The number of rotatable bonds is 6. The Labute approximate surface area is 148 Å². The van der Waals surface area contributed by atoms with Crippen LogP contribution in [0.15, 0.2) is 22.7 Å². The average molecular weight is 388 g/mol. The Hall–Kier alpha value is -1.39. The van der Waals surface area contributed by atoms with E-state index in [4.69, 9.17) is 4.74 Å². The van der Waals surface area contributed by atoms with Crippen molar-refractivity contribution < 1.29 is 17.9 Å². The van der Waals surface area contributed by atoms with Crippen LogP contribution in [-0.2, 0) is 25.9 Å². The lowest BCUT2D eigenvalue weighted by atomic mass is 10.3. The van der Waals surface area contributed by atoms with Gasteiger partial charge in [0.15, 0.2) is 20.8 Å². The highest BCUT2D eigenvalue weighted by molar-refractivity contribution is 7.99. The lowest BCUT2D eigenvalue weighted by Gasteiger charge is -2.10. The molecule has 7 nitrogen and oxygen atoms in total. The molecular formula is C14H17N3O4S3. The number of aromatic nitrogens is 3. The summed E-state index contributed by atoms with van der Waals surface area (Å²) in [7, 11) is -3.05. The molecule has 0 spiro atoms. The number of carbonyl (C=O) groups excluding carboxylic acids is 1. The van der Waals surface area contributed by atoms with Gasteiger partial charge in [-0.3, -0.25) is 4.79 Å². The summed E-state index contributed by atoms with van der Waals surface area (Å²) in [6, 6.07) is 3.93. The summed E-state index contributed by atoms with van der Waals surface area (Å²) in [6.45, 7) is 2.69. The van der Waals surface area contributed by atoms with Crippen LogP contribution in [0.3, 0.4) is 0 Å². The maximum Gasteiger partial charge on any atom is 0.316 e. The van der Waals surface area contributed by atoms with Gasteiger partial charge in [0.1, 0.15) is 6.10 Å². The number of hydrogen-bond acceptors (Lipinski definition) is 8. The molecule has 1 saturated heterocycles. The first-order chi connectivity index (χ1) is 11.5. The van der Waals surface area contributed by atoms with Crippen LogP contribution in [-0.4, -0.2) is 52.5 Å². The van der Waals surface area contributed by atoms with Crippen LogP contribution in [0.4, 0.5) is 0 Å². The zero-order valence-electron chi connectivity index (χ0n) is 13.0. The van der Waals surface area contributed by atoms with Gasteiger partial charge in [-0.2, -0.15) is 0 Å². The van der Waals surface area contributed by atoms with E-state index in [1.807, 2.05) is 29.0 Å². The largest absolute Gasteiger partial charge is 0.461 e. The summed E-state index contributed by atoms with van der Waals surface area (Å²) < 4.78 is 29.9. The fraction of sp³-hybridized carbons (Fsp3) is 0.500. The summed E-state index contributed by atoms with van der Waals surface area (Å²) in [4.78, 5) is 12.9. The Kier molecular flexibility index (Phi) is 5.26. The minimum atomic E-state index is -3.05. The molecule has 0 radical (unpaired) electrons. The number of carbonyl (C=O) groups is 1. The molecule has 0 N–H and O–H groups in total. The smallest absolute Gasteiger partial charge is 0.316 e. The first-order valence-corrected chi connectivity index (χ1v) is 11.2. The molecule has 0 aliphatic carbocycles. The number of sulfone groups is 1. The van der Waals surface area contributed by atoms with Gasteiger partial charge in [0.05, 0.1) is 22.1 Å². The summed E-state index contributed by atoms with van der Waals surface area (Å²) in [5.41, 5.74) is 0. The molecule has 0 bridgehead atoms. The molecule has 0 amide bonds. The molecule has 3 rings (SSSR count). The fourth-order valence-electron chi connectivity index (χ4n) is 2.47. The van der Waals surface area contributed by atoms with E-state index in [1.54, 1.807) is 11.3 Å². The number of thioether (sulfide) groups is 1. The van der Waals surface area contributed by atoms with Gasteiger partial charge in [0, 0.05) is 6.54 Å². The van der Waals surface area contributed by atoms with Crippen molar-refractivity contribution in [3.8, 4) is 10.7 Å². The molecule has 24 heavy (non-hydrogen) atoms. The van der Waals surface area contributed by atoms with Crippen molar-refractivity contribution >= 4 is 38.9 Å². The zero-order valence-corrected chi connectivity index (χ0v) is 15.5. The molecule has 1 atom stereocenters. The van der Waals surface area contributed by atoms with Gasteiger partial charge in [0.2, 0.25) is 0 Å². The molecule has 0 aromatic carbocycles. The van der Waals surface area contributed by atoms with E-state index in [0.29, 0.717) is 18.1 Å². The molecule has 130 valence electrons. The van der Waals surface area contributed by atoms with Gasteiger partial charge in [-0.15, -0.1) is 21.5 Å². The van der Waals surface area contributed by atoms with Gasteiger partial charge in [-0.1, -0.05) is 17.8 Å². The summed E-state index contributed by atoms with van der Waals surface area (Å²) in [5, 5.41) is 11.0. The first-order valence-electron chi connectivity index (χ1n) is 7.48. The van der Waals surface area contributed by atoms with Crippen LogP contribution < -0.4 is 0 Å². The van der Waals surface area contributed by atoms with Crippen LogP contribution in [0.5, 0.6) is 0 Å². The zero-order chi connectivity index (χ0) is 17.2. The average Bonchev–Trinajstić information content (AvgIpc) is 3.24. The van der Waals surface area contributed by atoms with E-state index in [2.05, 4.69) is 10.2 Å². The second-order valence-electron chi connectivity index (χ2n) is 5.33. The summed E-state index contributed by atoms with van der Waals surface area (Å²) in [5.74, 6) is 0.457. The molecule has 10 heteroatoms. The second kappa shape index (κ2) is 7.24. The van der Waals surface area contributed by atoms with Crippen molar-refractivity contribution in [3.63, 3.8) is 0 Å². The Morgan fingerprint density at radius 3 is 2.96 bits per heavy atom. The third kappa shape index (κ3) is 3.98. The standard InChI is InChI=1S/C14H17N3O4S3/c1-2-17-13(11-4-3-6-22-11)15-16-14(17)23-8-12(18)21-10-5-7-24(19,20)9-10/h3-4,6,10H,2,5,7-9H2,1H3/t10-/m1/s1. The van der Waals surface area contributed by atoms with Crippen molar-refractivity contribution in [1.82, 2.24) is 14.8 Å². The minimum absolute atomic E-state index is 0.0723. The molecule has 2 aromatic rings. The normalized spacial score (nSPS) is 19.5. The van der Waals surface area contributed by atoms with Crippen LogP contribution >= 0.6 is 23.1 Å². The van der Waals surface area contributed by atoms with E-state index in [1.165, 1.54) is 11.8 Å². The fourth-order valence-corrected chi connectivity index (χ4v) is 5.56. The molecule has 1 fully saturated rings. The number of thiophene rings is 1. The van der Waals surface area contributed by atoms with Crippen molar-refractivity contribution in [3.05, 3.63) is 17.5 Å². The molecule has 2 aromatic heterocycles.